The fraction of sp³-hybridized carbons (Fsp3) is 0.500. The lowest BCUT2D eigenvalue weighted by molar-refractivity contribution is -0.130. The van der Waals surface area contributed by atoms with E-state index in [4.69, 9.17) is 0 Å². The van der Waals surface area contributed by atoms with Crippen molar-refractivity contribution in [3.05, 3.63) is 35.9 Å². The van der Waals surface area contributed by atoms with E-state index in [-0.39, 0.29) is 18.1 Å². The van der Waals surface area contributed by atoms with Gasteiger partial charge in [0, 0.05) is 6.54 Å². The first-order valence-corrected chi connectivity index (χ1v) is 6.35. The molecule has 2 unspecified atom stereocenters. The maximum atomic E-state index is 12.3. The third kappa shape index (κ3) is 2.50. The maximum Gasteiger partial charge on any atom is 0.245 e. The Bertz CT molecular complexity index is 377. The first-order valence-electron chi connectivity index (χ1n) is 6.35. The maximum absolute atomic E-state index is 12.3. The van der Waals surface area contributed by atoms with Crippen LogP contribution in [0.25, 0.3) is 0 Å². The third-order valence-electron chi connectivity index (χ3n) is 3.29. The zero-order valence-corrected chi connectivity index (χ0v) is 10.5. The van der Waals surface area contributed by atoms with Gasteiger partial charge in [-0.05, 0) is 18.9 Å². The summed E-state index contributed by atoms with van der Waals surface area (Å²) in [6.45, 7) is 5.05. The fourth-order valence-corrected chi connectivity index (χ4v) is 2.28. The van der Waals surface area contributed by atoms with Gasteiger partial charge in [0.05, 0.1) is 6.17 Å². The number of carbonyl (C=O) groups excluding carboxylic acids is 1. The van der Waals surface area contributed by atoms with Crippen LogP contribution in [0.15, 0.2) is 30.3 Å². The van der Waals surface area contributed by atoms with Crippen molar-refractivity contribution in [1.82, 2.24) is 10.2 Å². The normalized spacial score (nSPS) is 24.4. The van der Waals surface area contributed by atoms with Crippen LogP contribution in [0, 0.1) is 0 Å². The lowest BCUT2D eigenvalue weighted by Crippen LogP contribution is -2.35. The quantitative estimate of drug-likeness (QED) is 0.864. The van der Waals surface area contributed by atoms with E-state index < -0.39 is 0 Å². The topological polar surface area (TPSA) is 32.3 Å². The average Bonchev–Trinajstić information content (AvgIpc) is 2.64. The van der Waals surface area contributed by atoms with Gasteiger partial charge in [-0.3, -0.25) is 10.1 Å². The summed E-state index contributed by atoms with van der Waals surface area (Å²) in [7, 11) is 0. The number of hydrogen-bond acceptors (Lipinski definition) is 2. The molecule has 0 aromatic heterocycles. The molecule has 1 heterocycles. The molecule has 1 amide bonds. The van der Waals surface area contributed by atoms with E-state index in [0.717, 1.165) is 24.9 Å². The Morgan fingerprint density at radius 3 is 2.65 bits per heavy atom. The molecule has 3 nitrogen and oxygen atoms in total. The Morgan fingerprint density at radius 2 is 2.00 bits per heavy atom. The van der Waals surface area contributed by atoms with Crippen molar-refractivity contribution >= 4 is 5.91 Å². The van der Waals surface area contributed by atoms with Gasteiger partial charge in [0.15, 0.2) is 0 Å². The molecule has 0 aliphatic carbocycles. The van der Waals surface area contributed by atoms with Crippen LogP contribution in [0.5, 0.6) is 0 Å². The van der Waals surface area contributed by atoms with Crippen molar-refractivity contribution in [3.63, 3.8) is 0 Å². The van der Waals surface area contributed by atoms with Gasteiger partial charge in [0.25, 0.3) is 0 Å². The Hall–Kier alpha value is -1.35. The minimum absolute atomic E-state index is 0.138. The zero-order valence-electron chi connectivity index (χ0n) is 10.5. The number of carbonyl (C=O) groups is 1. The van der Waals surface area contributed by atoms with Crippen LogP contribution in [0.2, 0.25) is 0 Å². The molecule has 92 valence electrons. The molecule has 1 aromatic rings. The predicted molar refractivity (Wildman–Crippen MR) is 68.4 cm³/mol. The van der Waals surface area contributed by atoms with Crippen LogP contribution >= 0.6 is 0 Å². The molecule has 0 saturated carbocycles. The molecule has 1 N–H and O–H groups in total. The molecule has 1 aliphatic rings. The van der Waals surface area contributed by atoms with E-state index in [1.807, 2.05) is 35.2 Å². The lowest BCUT2D eigenvalue weighted by atomic mass is 10.1. The summed E-state index contributed by atoms with van der Waals surface area (Å²) >= 11 is 0. The van der Waals surface area contributed by atoms with Gasteiger partial charge >= 0.3 is 0 Å². The zero-order chi connectivity index (χ0) is 12.3. The highest BCUT2D eigenvalue weighted by Crippen LogP contribution is 2.23. The largest absolute Gasteiger partial charge is 0.326 e. The van der Waals surface area contributed by atoms with E-state index in [9.17, 15) is 4.79 Å². The molecule has 2 rings (SSSR count). The number of amides is 1. The molecule has 1 aromatic carbocycles. The summed E-state index contributed by atoms with van der Waals surface area (Å²) in [5, 5.41) is 3.36. The Labute approximate surface area is 103 Å². The molecule has 17 heavy (non-hydrogen) atoms. The highest BCUT2D eigenvalue weighted by molar-refractivity contribution is 5.85. The van der Waals surface area contributed by atoms with Gasteiger partial charge in [-0.2, -0.15) is 0 Å². The van der Waals surface area contributed by atoms with E-state index >= 15 is 0 Å². The first-order chi connectivity index (χ1) is 8.24. The van der Waals surface area contributed by atoms with Crippen molar-refractivity contribution in [3.8, 4) is 0 Å². The van der Waals surface area contributed by atoms with Crippen LogP contribution in [-0.4, -0.2) is 23.5 Å². The van der Waals surface area contributed by atoms with E-state index in [1.165, 1.54) is 0 Å². The monoisotopic (exact) mass is 232 g/mol. The molecule has 3 heteroatoms. The standard InChI is InChI=1S/C14H20N2O/c1-3-4-10-16-11(2)15-13(14(16)17)12-8-6-5-7-9-12/h5-9,11,13,15H,3-4,10H2,1-2H3. The van der Waals surface area contributed by atoms with E-state index in [2.05, 4.69) is 19.2 Å². The van der Waals surface area contributed by atoms with Crippen LogP contribution in [-0.2, 0) is 4.79 Å². The summed E-state index contributed by atoms with van der Waals surface area (Å²) < 4.78 is 0. The predicted octanol–water partition coefficient (Wildman–Crippen LogP) is 2.31. The van der Waals surface area contributed by atoms with Crippen molar-refractivity contribution in [2.24, 2.45) is 0 Å². The molecule has 0 bridgehead atoms. The smallest absolute Gasteiger partial charge is 0.245 e. The van der Waals surface area contributed by atoms with E-state index in [0.29, 0.717) is 0 Å². The number of nitrogens with zero attached hydrogens (tertiary/aromatic N) is 1. The summed E-state index contributed by atoms with van der Waals surface area (Å²) in [5.74, 6) is 0.206. The van der Waals surface area contributed by atoms with Crippen LogP contribution in [0.1, 0.15) is 38.3 Å². The summed E-state index contributed by atoms with van der Waals surface area (Å²) in [5.41, 5.74) is 1.06. The third-order valence-corrected chi connectivity index (χ3v) is 3.29. The Balaban J connectivity index is 2.10. The van der Waals surface area contributed by atoms with E-state index in [1.54, 1.807) is 0 Å². The average molecular weight is 232 g/mol. The van der Waals surface area contributed by atoms with Crippen LogP contribution in [0.3, 0.4) is 0 Å². The second kappa shape index (κ2) is 5.32. The molecule has 1 saturated heterocycles. The van der Waals surface area contributed by atoms with Crippen LogP contribution in [0.4, 0.5) is 0 Å². The second-order valence-electron chi connectivity index (χ2n) is 4.57. The molecule has 0 radical (unpaired) electrons. The Morgan fingerprint density at radius 1 is 1.29 bits per heavy atom. The SMILES string of the molecule is CCCCN1C(=O)C(c2ccccc2)NC1C. The molecular formula is C14H20N2O. The number of unbranched alkanes of at least 4 members (excludes halogenated alkanes) is 1. The Kier molecular flexibility index (Phi) is 3.79. The summed E-state index contributed by atoms with van der Waals surface area (Å²) in [6, 6.07) is 9.77. The number of hydrogen-bond donors (Lipinski definition) is 1. The number of nitrogens with one attached hydrogen (secondary N) is 1. The van der Waals surface area contributed by atoms with Gasteiger partial charge in [-0.15, -0.1) is 0 Å². The molecular weight excluding hydrogens is 212 g/mol. The summed E-state index contributed by atoms with van der Waals surface area (Å²) in [6.07, 6.45) is 2.32. The highest BCUT2D eigenvalue weighted by Gasteiger charge is 2.36. The number of benzene rings is 1. The van der Waals surface area contributed by atoms with Gasteiger partial charge < -0.3 is 4.90 Å². The fourth-order valence-electron chi connectivity index (χ4n) is 2.28. The molecule has 1 aliphatic heterocycles. The van der Waals surface area contributed by atoms with Crippen LogP contribution < -0.4 is 5.32 Å². The van der Waals surface area contributed by atoms with Gasteiger partial charge in [0.2, 0.25) is 5.91 Å². The molecule has 0 spiro atoms. The van der Waals surface area contributed by atoms with Crippen molar-refractivity contribution < 1.29 is 4.79 Å². The second-order valence-corrected chi connectivity index (χ2v) is 4.57. The number of rotatable bonds is 4. The van der Waals surface area contributed by atoms with Crippen molar-refractivity contribution in [1.29, 1.82) is 0 Å². The summed E-state index contributed by atoms with van der Waals surface area (Å²) in [4.78, 5) is 14.2. The molecule has 2 atom stereocenters. The van der Waals surface area contributed by atoms with Gasteiger partial charge in [-0.25, -0.2) is 0 Å². The lowest BCUT2D eigenvalue weighted by Gasteiger charge is -2.20. The molecule has 1 fully saturated rings. The van der Waals surface area contributed by atoms with Crippen molar-refractivity contribution in [2.75, 3.05) is 6.54 Å². The highest BCUT2D eigenvalue weighted by atomic mass is 16.2. The minimum atomic E-state index is -0.164. The van der Waals surface area contributed by atoms with Gasteiger partial charge in [0.1, 0.15) is 6.04 Å². The first kappa shape index (κ1) is 12.1. The van der Waals surface area contributed by atoms with Gasteiger partial charge in [-0.1, -0.05) is 43.7 Å². The van der Waals surface area contributed by atoms with Crippen molar-refractivity contribution in [2.45, 2.75) is 38.9 Å². The minimum Gasteiger partial charge on any atom is -0.326 e.